The summed E-state index contributed by atoms with van der Waals surface area (Å²) in [5.74, 6) is 0. The summed E-state index contributed by atoms with van der Waals surface area (Å²) in [7, 11) is 0. The van der Waals surface area contributed by atoms with Gasteiger partial charge in [-0.15, -0.1) is 0 Å². The molecule has 0 bridgehead atoms. The van der Waals surface area contributed by atoms with Gasteiger partial charge in [0, 0.05) is 37.1 Å². The third kappa shape index (κ3) is 3.93. The molecule has 0 spiro atoms. The second-order valence-corrected chi connectivity index (χ2v) is 7.95. The van der Waals surface area contributed by atoms with E-state index in [2.05, 4.69) is 14.9 Å². The first-order valence-corrected chi connectivity index (χ1v) is 8.95. The Kier molecular flexibility index (Phi) is 4.84. The number of halogens is 1. The number of rotatable bonds is 1. The molecule has 0 aromatic carbocycles. The summed E-state index contributed by atoms with van der Waals surface area (Å²) in [6, 6.07) is 3.26. The van der Waals surface area contributed by atoms with Gasteiger partial charge < -0.3 is 19.5 Å². The number of nitrogens with zero attached hydrogens (tertiary/aromatic N) is 3. The summed E-state index contributed by atoms with van der Waals surface area (Å²) < 4.78 is 5.48. The van der Waals surface area contributed by atoms with Crippen molar-refractivity contribution in [2.75, 3.05) is 24.5 Å². The first kappa shape index (κ1) is 18.5. The molecule has 8 heteroatoms. The first-order valence-electron chi connectivity index (χ1n) is 8.57. The van der Waals surface area contributed by atoms with Crippen LogP contribution in [-0.4, -0.2) is 52.2 Å². The molecule has 26 heavy (non-hydrogen) atoms. The van der Waals surface area contributed by atoms with Crippen LogP contribution in [0, 0.1) is 0 Å². The highest BCUT2D eigenvalue weighted by atomic mass is 35.5. The van der Waals surface area contributed by atoms with Crippen molar-refractivity contribution in [1.82, 2.24) is 14.9 Å². The second-order valence-electron chi connectivity index (χ2n) is 7.54. The topological polar surface area (TPSA) is 78.5 Å². The number of aromatic nitrogens is 2. The highest BCUT2D eigenvalue weighted by Gasteiger charge is 2.31. The quantitative estimate of drug-likeness (QED) is 0.825. The fraction of sp³-hybridized carbons (Fsp3) is 0.500. The molecule has 1 atom stereocenters. The zero-order valence-electron chi connectivity index (χ0n) is 15.4. The summed E-state index contributed by atoms with van der Waals surface area (Å²) in [5, 5.41) is 1.07. The van der Waals surface area contributed by atoms with Gasteiger partial charge in [-0.25, -0.2) is 9.78 Å². The van der Waals surface area contributed by atoms with E-state index in [1.165, 1.54) is 6.07 Å². The van der Waals surface area contributed by atoms with E-state index < -0.39 is 5.60 Å². The SMILES string of the molecule is CC1CN(c2cnc3[nH]c(=O)cc(Cl)c3c2)CCN1C(=O)OC(C)(C)C. The van der Waals surface area contributed by atoms with Crippen molar-refractivity contribution in [3.63, 3.8) is 0 Å². The molecular formula is C18H23ClN4O3. The lowest BCUT2D eigenvalue weighted by atomic mass is 10.1. The van der Waals surface area contributed by atoms with E-state index in [0.29, 0.717) is 35.7 Å². The molecule has 1 N–H and O–H groups in total. The van der Waals surface area contributed by atoms with Crippen LogP contribution in [0.5, 0.6) is 0 Å². The number of H-pyrrole nitrogens is 1. The minimum Gasteiger partial charge on any atom is -0.444 e. The number of anilines is 1. The van der Waals surface area contributed by atoms with Gasteiger partial charge in [-0.05, 0) is 33.8 Å². The van der Waals surface area contributed by atoms with Crippen molar-refractivity contribution in [3.8, 4) is 0 Å². The molecule has 1 aliphatic heterocycles. The van der Waals surface area contributed by atoms with E-state index in [0.717, 1.165) is 5.69 Å². The second kappa shape index (κ2) is 6.79. The molecule has 1 aliphatic rings. The fourth-order valence-electron chi connectivity index (χ4n) is 3.04. The van der Waals surface area contributed by atoms with Crippen molar-refractivity contribution < 1.29 is 9.53 Å². The summed E-state index contributed by atoms with van der Waals surface area (Å²) in [6.45, 7) is 9.47. The number of carbonyl (C=O) groups excluding carboxylic acids is 1. The Balaban J connectivity index is 1.77. The molecule has 3 rings (SSSR count). The van der Waals surface area contributed by atoms with E-state index >= 15 is 0 Å². The highest BCUT2D eigenvalue weighted by Crippen LogP contribution is 2.26. The van der Waals surface area contributed by atoms with E-state index in [4.69, 9.17) is 16.3 Å². The number of fused-ring (bicyclic) bond motifs is 1. The predicted molar refractivity (Wildman–Crippen MR) is 102 cm³/mol. The van der Waals surface area contributed by atoms with Crippen LogP contribution in [0.25, 0.3) is 11.0 Å². The van der Waals surface area contributed by atoms with Gasteiger partial charge in [0.25, 0.3) is 5.56 Å². The third-order valence-electron chi connectivity index (χ3n) is 4.25. The van der Waals surface area contributed by atoms with Gasteiger partial charge in [-0.3, -0.25) is 4.79 Å². The molecule has 140 valence electrons. The minimum absolute atomic E-state index is 0.000323. The van der Waals surface area contributed by atoms with Gasteiger partial charge in [0.2, 0.25) is 0 Å². The van der Waals surface area contributed by atoms with E-state index in [1.54, 1.807) is 11.1 Å². The fourth-order valence-corrected chi connectivity index (χ4v) is 3.28. The Morgan fingerprint density at radius 3 is 2.73 bits per heavy atom. The van der Waals surface area contributed by atoms with Crippen LogP contribution >= 0.6 is 11.6 Å². The zero-order chi connectivity index (χ0) is 19.1. The van der Waals surface area contributed by atoms with Crippen LogP contribution in [0.2, 0.25) is 5.02 Å². The lowest BCUT2D eigenvalue weighted by Gasteiger charge is -2.41. The molecule has 2 aromatic rings. The largest absolute Gasteiger partial charge is 0.444 e. The van der Waals surface area contributed by atoms with Crippen LogP contribution in [0.15, 0.2) is 23.1 Å². The molecule has 0 saturated carbocycles. The number of pyridine rings is 2. The van der Waals surface area contributed by atoms with Crippen molar-refractivity contribution in [1.29, 1.82) is 0 Å². The van der Waals surface area contributed by atoms with Gasteiger partial charge in [0.05, 0.1) is 16.9 Å². The standard InChI is InChI=1S/C18H23ClN4O3/c1-11-10-22(5-6-23(11)17(25)26-18(2,3)4)12-7-13-14(19)8-15(24)21-16(13)20-9-12/h7-9,11H,5-6,10H2,1-4H3,(H,20,21,24). The Bertz CT molecular complexity index is 890. The molecule has 3 heterocycles. The Morgan fingerprint density at radius 2 is 2.08 bits per heavy atom. The predicted octanol–water partition coefficient (Wildman–Crippen LogP) is 3.02. The summed E-state index contributed by atoms with van der Waals surface area (Å²) >= 11 is 6.18. The van der Waals surface area contributed by atoms with E-state index in [-0.39, 0.29) is 17.7 Å². The van der Waals surface area contributed by atoms with Crippen molar-refractivity contribution >= 4 is 34.4 Å². The molecule has 1 amide bonds. The van der Waals surface area contributed by atoms with Crippen molar-refractivity contribution in [3.05, 3.63) is 33.7 Å². The number of carbonyl (C=O) groups is 1. The third-order valence-corrected chi connectivity index (χ3v) is 4.56. The normalized spacial score (nSPS) is 18.3. The molecule has 0 radical (unpaired) electrons. The highest BCUT2D eigenvalue weighted by molar-refractivity contribution is 6.35. The van der Waals surface area contributed by atoms with Gasteiger partial charge in [0.1, 0.15) is 11.2 Å². The molecule has 7 nitrogen and oxygen atoms in total. The smallest absolute Gasteiger partial charge is 0.410 e. The lowest BCUT2D eigenvalue weighted by Crippen LogP contribution is -2.55. The maximum Gasteiger partial charge on any atom is 0.410 e. The number of ether oxygens (including phenoxy) is 1. The number of hydrogen-bond donors (Lipinski definition) is 1. The summed E-state index contributed by atoms with van der Waals surface area (Å²) in [4.78, 5) is 34.7. The van der Waals surface area contributed by atoms with E-state index in [1.807, 2.05) is 33.8 Å². The number of hydrogen-bond acceptors (Lipinski definition) is 5. The van der Waals surface area contributed by atoms with Crippen LogP contribution in [-0.2, 0) is 4.74 Å². The Labute approximate surface area is 156 Å². The maximum atomic E-state index is 12.3. The monoisotopic (exact) mass is 378 g/mol. The van der Waals surface area contributed by atoms with Crippen molar-refractivity contribution in [2.45, 2.75) is 39.3 Å². The summed E-state index contributed by atoms with van der Waals surface area (Å²) in [6.07, 6.45) is 1.42. The molecular weight excluding hydrogens is 356 g/mol. The maximum absolute atomic E-state index is 12.3. The first-order chi connectivity index (χ1) is 12.1. The molecule has 2 aromatic heterocycles. The number of piperazine rings is 1. The zero-order valence-corrected chi connectivity index (χ0v) is 16.1. The van der Waals surface area contributed by atoms with Gasteiger partial charge in [-0.2, -0.15) is 0 Å². The Hall–Kier alpha value is -2.28. The van der Waals surface area contributed by atoms with Crippen LogP contribution in [0.3, 0.4) is 0 Å². The molecule has 1 unspecified atom stereocenters. The summed E-state index contributed by atoms with van der Waals surface area (Å²) in [5.41, 5.74) is 0.584. The average molecular weight is 379 g/mol. The number of aromatic amines is 1. The number of nitrogens with one attached hydrogen (secondary N) is 1. The average Bonchev–Trinajstić information content (AvgIpc) is 2.52. The molecule has 1 saturated heterocycles. The van der Waals surface area contributed by atoms with Gasteiger partial charge in [-0.1, -0.05) is 11.6 Å². The van der Waals surface area contributed by atoms with Crippen LogP contribution in [0.1, 0.15) is 27.7 Å². The molecule has 1 fully saturated rings. The lowest BCUT2D eigenvalue weighted by molar-refractivity contribution is 0.0159. The van der Waals surface area contributed by atoms with Gasteiger partial charge in [0.15, 0.2) is 0 Å². The van der Waals surface area contributed by atoms with Crippen LogP contribution in [0.4, 0.5) is 10.5 Å². The number of amides is 1. The van der Waals surface area contributed by atoms with E-state index in [9.17, 15) is 9.59 Å². The van der Waals surface area contributed by atoms with Gasteiger partial charge >= 0.3 is 6.09 Å². The minimum atomic E-state index is -0.510. The molecule has 0 aliphatic carbocycles. The van der Waals surface area contributed by atoms with Crippen LogP contribution < -0.4 is 10.5 Å². The Morgan fingerprint density at radius 1 is 1.35 bits per heavy atom. The van der Waals surface area contributed by atoms with Crippen molar-refractivity contribution in [2.24, 2.45) is 0 Å².